The van der Waals surface area contributed by atoms with E-state index in [1.165, 1.54) is 0 Å². The van der Waals surface area contributed by atoms with Crippen LogP contribution in [0.2, 0.25) is 0 Å². The molecule has 3 unspecified atom stereocenters. The molecule has 0 spiro atoms. The maximum Gasteiger partial charge on any atom is 0.150 e. The fraction of sp³-hybridized carbons (Fsp3) is 1.00. The molecule has 114 valence electrons. The average Bonchev–Trinajstić information content (AvgIpc) is 2.73. The highest BCUT2D eigenvalue weighted by atomic mass is 32.2. The normalized spacial score (nSPS) is 25.3. The number of sulfone groups is 1. The lowest BCUT2D eigenvalue weighted by molar-refractivity contribution is 0.0847. The molecule has 19 heavy (non-hydrogen) atoms. The fourth-order valence-corrected chi connectivity index (χ4v) is 4.54. The molecule has 0 aromatic carbocycles. The van der Waals surface area contributed by atoms with Crippen LogP contribution in [0.25, 0.3) is 0 Å². The highest BCUT2D eigenvalue weighted by Gasteiger charge is 2.34. The number of hydrogen-bond acceptors (Lipinski definition) is 5. The maximum atomic E-state index is 11.6. The molecule has 0 bridgehead atoms. The quantitative estimate of drug-likeness (QED) is 0.634. The zero-order valence-electron chi connectivity index (χ0n) is 12.2. The molecule has 1 N–H and O–H groups in total. The van der Waals surface area contributed by atoms with Gasteiger partial charge >= 0.3 is 0 Å². The minimum atomic E-state index is -2.81. The van der Waals surface area contributed by atoms with Gasteiger partial charge in [0, 0.05) is 20.8 Å². The summed E-state index contributed by atoms with van der Waals surface area (Å²) < 4.78 is 33.5. The Hall–Kier alpha value is -0.170. The van der Waals surface area contributed by atoms with Gasteiger partial charge in [0.15, 0.2) is 9.84 Å². The van der Waals surface area contributed by atoms with E-state index in [1.54, 1.807) is 14.2 Å². The summed E-state index contributed by atoms with van der Waals surface area (Å²) in [4.78, 5) is 0. The summed E-state index contributed by atoms with van der Waals surface area (Å²) in [5.41, 5.74) is 0. The van der Waals surface area contributed by atoms with E-state index in [9.17, 15) is 8.42 Å². The third kappa shape index (κ3) is 6.21. The van der Waals surface area contributed by atoms with Crippen molar-refractivity contribution >= 4 is 9.84 Å². The molecule has 0 saturated carbocycles. The molecular formula is C13H27NO4S. The predicted octanol–water partition coefficient (Wildman–Crippen LogP) is 0.698. The lowest BCUT2D eigenvalue weighted by atomic mass is 9.87. The van der Waals surface area contributed by atoms with Crippen LogP contribution in [-0.4, -0.2) is 59.9 Å². The lowest BCUT2D eigenvalue weighted by Crippen LogP contribution is -2.33. The summed E-state index contributed by atoms with van der Waals surface area (Å²) in [5, 5.41) is 3.34. The van der Waals surface area contributed by atoms with Crippen LogP contribution in [0.15, 0.2) is 0 Å². The van der Waals surface area contributed by atoms with Crippen molar-refractivity contribution in [3.05, 3.63) is 0 Å². The molecule has 1 fully saturated rings. The molecule has 1 rings (SSSR count). The van der Waals surface area contributed by atoms with Gasteiger partial charge in [-0.3, -0.25) is 0 Å². The van der Waals surface area contributed by atoms with Crippen molar-refractivity contribution in [2.24, 2.45) is 11.8 Å². The first-order valence-electron chi connectivity index (χ1n) is 6.91. The van der Waals surface area contributed by atoms with Crippen LogP contribution in [0.3, 0.4) is 0 Å². The molecule has 0 aromatic heterocycles. The van der Waals surface area contributed by atoms with Gasteiger partial charge in [-0.05, 0) is 38.1 Å². The second kappa shape index (κ2) is 8.19. The zero-order chi connectivity index (χ0) is 14.3. The van der Waals surface area contributed by atoms with E-state index in [0.29, 0.717) is 24.0 Å². The molecule has 0 aromatic rings. The Kier molecular flexibility index (Phi) is 7.28. The third-order valence-corrected chi connectivity index (χ3v) is 5.65. The molecule has 5 nitrogen and oxygen atoms in total. The largest absolute Gasteiger partial charge is 0.383 e. The first kappa shape index (κ1) is 16.9. The van der Waals surface area contributed by atoms with E-state index < -0.39 is 9.84 Å². The van der Waals surface area contributed by atoms with Gasteiger partial charge in [0.25, 0.3) is 0 Å². The first-order valence-corrected chi connectivity index (χ1v) is 8.73. The summed E-state index contributed by atoms with van der Waals surface area (Å²) in [6.45, 7) is 4.34. The van der Waals surface area contributed by atoms with Gasteiger partial charge in [-0.2, -0.15) is 0 Å². The van der Waals surface area contributed by atoms with Crippen molar-refractivity contribution in [3.8, 4) is 0 Å². The highest BCUT2D eigenvalue weighted by Crippen LogP contribution is 2.29. The highest BCUT2D eigenvalue weighted by molar-refractivity contribution is 7.91. The molecule has 3 atom stereocenters. The minimum absolute atomic E-state index is 0.164. The Balaban J connectivity index is 2.49. The topological polar surface area (TPSA) is 64.6 Å². The Labute approximate surface area is 117 Å². The van der Waals surface area contributed by atoms with E-state index in [2.05, 4.69) is 5.32 Å². The number of hydrogen-bond donors (Lipinski definition) is 1. The second-order valence-electron chi connectivity index (χ2n) is 5.40. The molecule has 0 amide bonds. The SMILES string of the molecule is COCCNCC(CC(C)OC)C1CCS(=O)(=O)C1. The van der Waals surface area contributed by atoms with Crippen molar-refractivity contribution in [2.75, 3.05) is 45.4 Å². The molecule has 0 radical (unpaired) electrons. The zero-order valence-corrected chi connectivity index (χ0v) is 13.0. The van der Waals surface area contributed by atoms with Crippen LogP contribution in [0, 0.1) is 11.8 Å². The number of rotatable bonds is 9. The summed E-state index contributed by atoms with van der Waals surface area (Å²) >= 11 is 0. The number of ether oxygens (including phenoxy) is 2. The Bertz CT molecular complexity index is 345. The van der Waals surface area contributed by atoms with E-state index >= 15 is 0 Å². The van der Waals surface area contributed by atoms with E-state index in [4.69, 9.17) is 9.47 Å². The summed E-state index contributed by atoms with van der Waals surface area (Å²) in [7, 11) is 0.565. The molecule has 0 aliphatic carbocycles. The van der Waals surface area contributed by atoms with Gasteiger partial charge in [-0.25, -0.2) is 8.42 Å². The van der Waals surface area contributed by atoms with Crippen molar-refractivity contribution in [1.82, 2.24) is 5.32 Å². The van der Waals surface area contributed by atoms with Crippen LogP contribution in [-0.2, 0) is 19.3 Å². The van der Waals surface area contributed by atoms with Crippen molar-refractivity contribution in [2.45, 2.75) is 25.9 Å². The van der Waals surface area contributed by atoms with Gasteiger partial charge in [-0.1, -0.05) is 0 Å². The molecular weight excluding hydrogens is 266 g/mol. The summed E-state index contributed by atoms with van der Waals surface area (Å²) in [6.07, 6.45) is 1.85. The average molecular weight is 293 g/mol. The molecule has 6 heteroatoms. The molecule has 1 heterocycles. The van der Waals surface area contributed by atoms with Crippen LogP contribution >= 0.6 is 0 Å². The monoisotopic (exact) mass is 293 g/mol. The minimum Gasteiger partial charge on any atom is -0.383 e. The number of methoxy groups -OCH3 is 2. The number of nitrogens with one attached hydrogen (secondary N) is 1. The molecule has 1 saturated heterocycles. The Morgan fingerprint density at radius 3 is 2.63 bits per heavy atom. The first-order chi connectivity index (χ1) is 8.98. The summed E-state index contributed by atoms with van der Waals surface area (Å²) in [5.74, 6) is 1.29. The molecule has 1 aliphatic rings. The van der Waals surface area contributed by atoms with Gasteiger partial charge in [0.2, 0.25) is 0 Å². The van der Waals surface area contributed by atoms with E-state index in [-0.39, 0.29) is 12.0 Å². The van der Waals surface area contributed by atoms with Gasteiger partial charge in [0.1, 0.15) is 0 Å². The summed E-state index contributed by atoms with van der Waals surface area (Å²) in [6, 6.07) is 0. The Morgan fingerprint density at radius 1 is 1.37 bits per heavy atom. The van der Waals surface area contributed by atoms with Crippen LogP contribution in [0.5, 0.6) is 0 Å². The van der Waals surface area contributed by atoms with Crippen molar-refractivity contribution in [1.29, 1.82) is 0 Å². The maximum absolute atomic E-state index is 11.6. The van der Waals surface area contributed by atoms with Gasteiger partial charge in [-0.15, -0.1) is 0 Å². The standard InChI is InChI=1S/C13H27NO4S/c1-11(18-3)8-13(9-14-5-6-17-2)12-4-7-19(15,16)10-12/h11-14H,4-10H2,1-3H3. The van der Waals surface area contributed by atoms with Crippen LogP contribution in [0.1, 0.15) is 19.8 Å². The Morgan fingerprint density at radius 2 is 2.11 bits per heavy atom. The predicted molar refractivity (Wildman–Crippen MR) is 76.1 cm³/mol. The van der Waals surface area contributed by atoms with Crippen LogP contribution < -0.4 is 5.32 Å². The molecule has 1 aliphatic heterocycles. The second-order valence-corrected chi connectivity index (χ2v) is 7.63. The smallest absolute Gasteiger partial charge is 0.150 e. The van der Waals surface area contributed by atoms with Crippen molar-refractivity contribution in [3.63, 3.8) is 0 Å². The fourth-order valence-electron chi connectivity index (χ4n) is 2.62. The van der Waals surface area contributed by atoms with E-state index in [1.807, 2.05) is 6.92 Å². The van der Waals surface area contributed by atoms with Gasteiger partial charge < -0.3 is 14.8 Å². The van der Waals surface area contributed by atoms with Crippen molar-refractivity contribution < 1.29 is 17.9 Å². The lowest BCUT2D eigenvalue weighted by Gasteiger charge is -2.25. The van der Waals surface area contributed by atoms with E-state index in [0.717, 1.165) is 25.9 Å². The van der Waals surface area contributed by atoms with Gasteiger partial charge in [0.05, 0.1) is 24.2 Å². The third-order valence-electron chi connectivity index (χ3n) is 3.86. The van der Waals surface area contributed by atoms with Crippen LogP contribution in [0.4, 0.5) is 0 Å².